The van der Waals surface area contributed by atoms with Gasteiger partial charge in [0, 0.05) is 13.1 Å². The Balaban J connectivity index is 1.59. The van der Waals surface area contributed by atoms with Gasteiger partial charge in [-0.25, -0.2) is 4.98 Å². The van der Waals surface area contributed by atoms with Crippen LogP contribution >= 0.6 is 11.8 Å². The number of benzene rings is 2. The van der Waals surface area contributed by atoms with Crippen molar-refractivity contribution in [1.29, 1.82) is 0 Å². The molecule has 2 aromatic carbocycles. The number of amides is 1. The van der Waals surface area contributed by atoms with Crippen LogP contribution in [-0.4, -0.2) is 39.2 Å². The summed E-state index contributed by atoms with van der Waals surface area (Å²) >= 11 is 1.37. The van der Waals surface area contributed by atoms with Gasteiger partial charge in [-0.1, -0.05) is 73.5 Å². The van der Waals surface area contributed by atoms with Crippen LogP contribution in [0, 0.1) is 0 Å². The number of likely N-dealkylation sites (tertiary alicyclic amines) is 1. The average molecular weight is 422 g/mol. The van der Waals surface area contributed by atoms with E-state index in [1.165, 1.54) is 31.0 Å². The second-order valence-corrected chi connectivity index (χ2v) is 8.67. The normalized spacial score (nSPS) is 15.0. The fourth-order valence-corrected chi connectivity index (χ4v) is 4.78. The molecule has 0 aliphatic carbocycles. The van der Waals surface area contributed by atoms with Gasteiger partial charge in [-0.2, -0.15) is 0 Å². The highest BCUT2D eigenvalue weighted by Crippen LogP contribution is 2.20. The van der Waals surface area contributed by atoms with Gasteiger partial charge in [0.25, 0.3) is 5.56 Å². The molecule has 0 unspecified atom stereocenters. The van der Waals surface area contributed by atoms with Crippen molar-refractivity contribution in [3.05, 3.63) is 70.5 Å². The number of nitrogens with zero attached hydrogens (tertiary/aromatic N) is 3. The Bertz CT molecular complexity index is 1060. The number of para-hydroxylation sites is 1. The molecule has 1 amide bonds. The smallest absolute Gasteiger partial charge is 0.262 e. The molecule has 2 heterocycles. The number of rotatable bonds is 5. The van der Waals surface area contributed by atoms with E-state index in [0.717, 1.165) is 31.5 Å². The molecule has 5 nitrogen and oxygen atoms in total. The van der Waals surface area contributed by atoms with Crippen molar-refractivity contribution in [2.75, 3.05) is 18.8 Å². The van der Waals surface area contributed by atoms with Gasteiger partial charge in [-0.05, 0) is 30.5 Å². The van der Waals surface area contributed by atoms with Crippen molar-refractivity contribution < 1.29 is 4.79 Å². The van der Waals surface area contributed by atoms with Crippen molar-refractivity contribution in [2.45, 2.75) is 43.8 Å². The third-order valence-electron chi connectivity index (χ3n) is 5.54. The predicted octanol–water partition coefficient (Wildman–Crippen LogP) is 4.33. The van der Waals surface area contributed by atoms with E-state index < -0.39 is 0 Å². The van der Waals surface area contributed by atoms with Crippen LogP contribution in [0.4, 0.5) is 0 Å². The number of carbonyl (C=O) groups is 1. The quantitative estimate of drug-likeness (QED) is 0.455. The zero-order valence-electron chi connectivity index (χ0n) is 17.1. The van der Waals surface area contributed by atoms with Gasteiger partial charge < -0.3 is 4.90 Å². The number of hydrogen-bond donors (Lipinski definition) is 0. The van der Waals surface area contributed by atoms with Gasteiger partial charge >= 0.3 is 0 Å². The number of hydrogen-bond acceptors (Lipinski definition) is 4. The summed E-state index contributed by atoms with van der Waals surface area (Å²) < 4.78 is 1.70. The Kier molecular flexibility index (Phi) is 6.84. The highest BCUT2D eigenvalue weighted by atomic mass is 32.2. The van der Waals surface area contributed by atoms with E-state index in [-0.39, 0.29) is 11.5 Å². The minimum Gasteiger partial charge on any atom is -0.342 e. The Labute approximate surface area is 181 Å². The molecule has 30 heavy (non-hydrogen) atoms. The van der Waals surface area contributed by atoms with Crippen molar-refractivity contribution in [3.63, 3.8) is 0 Å². The summed E-state index contributed by atoms with van der Waals surface area (Å²) in [5, 5.41) is 1.20. The van der Waals surface area contributed by atoms with Crippen molar-refractivity contribution in [2.24, 2.45) is 0 Å². The number of carbonyl (C=O) groups excluding carboxylic acids is 1. The predicted molar refractivity (Wildman–Crippen MR) is 122 cm³/mol. The van der Waals surface area contributed by atoms with Crippen LogP contribution in [0.1, 0.15) is 37.7 Å². The largest absolute Gasteiger partial charge is 0.342 e. The maximum absolute atomic E-state index is 13.2. The fourth-order valence-electron chi connectivity index (χ4n) is 3.88. The molecular weight excluding hydrogens is 394 g/mol. The van der Waals surface area contributed by atoms with Crippen molar-refractivity contribution in [3.8, 4) is 0 Å². The first kappa shape index (κ1) is 20.7. The summed E-state index contributed by atoms with van der Waals surface area (Å²) in [5.41, 5.74) is 1.65. The van der Waals surface area contributed by atoms with Gasteiger partial charge in [0.05, 0.1) is 23.2 Å². The maximum Gasteiger partial charge on any atom is 0.262 e. The van der Waals surface area contributed by atoms with Crippen LogP contribution in [0.3, 0.4) is 0 Å². The minimum absolute atomic E-state index is 0.0642. The second kappa shape index (κ2) is 9.94. The van der Waals surface area contributed by atoms with Crippen LogP contribution in [0.25, 0.3) is 10.9 Å². The van der Waals surface area contributed by atoms with E-state index in [4.69, 9.17) is 4.98 Å². The summed E-state index contributed by atoms with van der Waals surface area (Å²) in [4.78, 5) is 32.8. The van der Waals surface area contributed by atoms with Crippen LogP contribution in [-0.2, 0) is 11.3 Å². The zero-order chi connectivity index (χ0) is 20.8. The van der Waals surface area contributed by atoms with Crippen LogP contribution in [0.2, 0.25) is 0 Å². The number of thioether (sulfide) groups is 1. The SMILES string of the molecule is O=C(CSc1nc2ccccc2c(=O)n1Cc1ccccc1)N1CCCCCCC1. The lowest BCUT2D eigenvalue weighted by Crippen LogP contribution is -2.35. The third kappa shape index (κ3) is 4.93. The summed E-state index contributed by atoms with van der Waals surface area (Å²) in [6.07, 6.45) is 5.80. The minimum atomic E-state index is -0.0642. The first-order valence-electron chi connectivity index (χ1n) is 10.7. The maximum atomic E-state index is 13.2. The molecule has 156 valence electrons. The topological polar surface area (TPSA) is 55.2 Å². The molecule has 1 aliphatic rings. The molecule has 0 saturated carbocycles. The molecule has 0 spiro atoms. The lowest BCUT2D eigenvalue weighted by molar-refractivity contribution is -0.128. The first-order chi connectivity index (χ1) is 14.7. The van der Waals surface area contributed by atoms with E-state index in [9.17, 15) is 9.59 Å². The van der Waals surface area contributed by atoms with Crippen molar-refractivity contribution >= 4 is 28.6 Å². The van der Waals surface area contributed by atoms with E-state index >= 15 is 0 Å². The molecule has 0 radical (unpaired) electrons. The molecule has 0 N–H and O–H groups in total. The summed E-state index contributed by atoms with van der Waals surface area (Å²) in [7, 11) is 0. The Morgan fingerprint density at radius 2 is 1.57 bits per heavy atom. The Morgan fingerprint density at radius 3 is 2.33 bits per heavy atom. The van der Waals surface area contributed by atoms with E-state index in [0.29, 0.717) is 28.4 Å². The van der Waals surface area contributed by atoms with Gasteiger partial charge in [0.2, 0.25) is 5.91 Å². The average Bonchev–Trinajstić information content (AvgIpc) is 2.75. The summed E-state index contributed by atoms with van der Waals surface area (Å²) in [6.45, 7) is 2.11. The molecule has 4 rings (SSSR count). The first-order valence-corrected chi connectivity index (χ1v) is 11.6. The van der Waals surface area contributed by atoms with Crippen LogP contribution in [0.5, 0.6) is 0 Å². The molecule has 0 atom stereocenters. The number of aromatic nitrogens is 2. The molecule has 1 aromatic heterocycles. The highest BCUT2D eigenvalue weighted by molar-refractivity contribution is 7.99. The number of fused-ring (bicyclic) bond motifs is 1. The second-order valence-electron chi connectivity index (χ2n) is 7.73. The lowest BCUT2D eigenvalue weighted by Gasteiger charge is -2.24. The third-order valence-corrected chi connectivity index (χ3v) is 6.50. The van der Waals surface area contributed by atoms with Crippen molar-refractivity contribution in [1.82, 2.24) is 14.5 Å². The molecule has 1 aliphatic heterocycles. The Hall–Kier alpha value is -2.60. The van der Waals surface area contributed by atoms with Gasteiger partial charge in [-0.15, -0.1) is 0 Å². The fraction of sp³-hybridized carbons (Fsp3) is 0.375. The molecular formula is C24H27N3O2S. The molecule has 6 heteroatoms. The molecule has 1 saturated heterocycles. The lowest BCUT2D eigenvalue weighted by atomic mass is 10.1. The van der Waals surface area contributed by atoms with E-state index in [2.05, 4.69) is 0 Å². The van der Waals surface area contributed by atoms with Gasteiger partial charge in [-0.3, -0.25) is 14.2 Å². The monoisotopic (exact) mass is 421 g/mol. The molecule has 0 bridgehead atoms. The molecule has 1 fully saturated rings. The van der Waals surface area contributed by atoms with Crippen LogP contribution < -0.4 is 5.56 Å². The van der Waals surface area contributed by atoms with Crippen LogP contribution in [0.15, 0.2) is 64.5 Å². The van der Waals surface area contributed by atoms with Gasteiger partial charge in [0.1, 0.15) is 0 Å². The standard InChI is InChI=1S/C24H27N3O2S/c28-22(26-15-9-2-1-3-10-16-26)18-30-24-25-21-14-8-7-13-20(21)23(29)27(24)17-19-11-5-4-6-12-19/h4-8,11-14H,1-3,9-10,15-18H2. The summed E-state index contributed by atoms with van der Waals surface area (Å²) in [5.74, 6) is 0.440. The molecule has 3 aromatic rings. The highest BCUT2D eigenvalue weighted by Gasteiger charge is 2.18. The van der Waals surface area contributed by atoms with E-state index in [1.807, 2.05) is 59.5 Å². The summed E-state index contributed by atoms with van der Waals surface area (Å²) in [6, 6.07) is 17.3. The van der Waals surface area contributed by atoms with E-state index in [1.54, 1.807) is 4.57 Å². The zero-order valence-corrected chi connectivity index (χ0v) is 17.9. The Morgan fingerprint density at radius 1 is 0.900 bits per heavy atom. The van der Waals surface area contributed by atoms with Gasteiger partial charge in [0.15, 0.2) is 5.16 Å².